The Balaban J connectivity index is 1.72. The first-order chi connectivity index (χ1) is 13.5. The van der Waals surface area contributed by atoms with Crippen LogP contribution in [0.5, 0.6) is 17.2 Å². The molecule has 1 aliphatic rings. The normalized spacial score (nSPS) is 18.7. The summed E-state index contributed by atoms with van der Waals surface area (Å²) < 4.78 is 17.9. The van der Waals surface area contributed by atoms with Crippen LogP contribution in [-0.4, -0.2) is 43.2 Å². The van der Waals surface area contributed by atoms with Crippen molar-refractivity contribution in [2.45, 2.75) is 11.4 Å². The number of methoxy groups -OCH3 is 1. The highest BCUT2D eigenvalue weighted by Crippen LogP contribution is 2.44. The lowest BCUT2D eigenvalue weighted by molar-refractivity contribution is -0.138. The van der Waals surface area contributed by atoms with Crippen LogP contribution in [0, 0.1) is 0 Å². The average molecular weight is 489 g/mol. The summed E-state index contributed by atoms with van der Waals surface area (Å²) >= 11 is 11.1. The van der Waals surface area contributed by atoms with Crippen LogP contribution in [0.4, 0.5) is 0 Å². The predicted octanol–water partition coefficient (Wildman–Crippen LogP) is 4.36. The van der Waals surface area contributed by atoms with E-state index in [1.807, 2.05) is 24.3 Å². The highest BCUT2D eigenvalue weighted by Gasteiger charge is 2.33. The highest BCUT2D eigenvalue weighted by molar-refractivity contribution is 9.10. The molecule has 2 aromatic rings. The predicted molar refractivity (Wildman–Crippen MR) is 113 cm³/mol. The zero-order valence-electron chi connectivity index (χ0n) is 15.0. The smallest absolute Gasteiger partial charge is 0.321 e. The molecule has 0 aliphatic carbocycles. The Hall–Kier alpha value is -1.61. The molecule has 0 amide bonds. The van der Waals surface area contributed by atoms with Crippen LogP contribution in [0.3, 0.4) is 0 Å². The number of benzene rings is 2. The van der Waals surface area contributed by atoms with E-state index in [1.165, 1.54) is 11.8 Å². The van der Waals surface area contributed by atoms with Crippen LogP contribution in [0.25, 0.3) is 0 Å². The SMILES string of the molecule is COc1cc(Br)cc(C2NC(C(=O)O)CS2)c1OCCOc1ccccc1Cl. The van der Waals surface area contributed by atoms with Gasteiger partial charge in [-0.1, -0.05) is 39.7 Å². The molecule has 2 atom stereocenters. The molecule has 28 heavy (non-hydrogen) atoms. The van der Waals surface area contributed by atoms with Crippen molar-refractivity contribution >= 4 is 45.3 Å². The number of hydrogen-bond donors (Lipinski definition) is 2. The third-order valence-corrected chi connectivity index (χ3v) is 6.07. The number of halogens is 2. The van der Waals surface area contributed by atoms with Crippen LogP contribution in [0.15, 0.2) is 40.9 Å². The molecule has 0 bridgehead atoms. The van der Waals surface area contributed by atoms with E-state index in [1.54, 1.807) is 19.2 Å². The summed E-state index contributed by atoms with van der Waals surface area (Å²) in [5.41, 5.74) is 0.817. The third-order valence-electron chi connectivity index (χ3n) is 4.05. The maximum Gasteiger partial charge on any atom is 0.321 e. The number of nitrogens with one attached hydrogen (secondary N) is 1. The van der Waals surface area contributed by atoms with Gasteiger partial charge in [-0.25, -0.2) is 0 Å². The van der Waals surface area contributed by atoms with Crippen molar-refractivity contribution in [1.29, 1.82) is 0 Å². The number of ether oxygens (including phenoxy) is 3. The molecular formula is C19H19BrClNO5S. The van der Waals surface area contributed by atoms with Gasteiger partial charge in [0.25, 0.3) is 0 Å². The quantitative estimate of drug-likeness (QED) is 0.535. The van der Waals surface area contributed by atoms with E-state index in [2.05, 4.69) is 21.2 Å². The number of carbonyl (C=O) groups is 1. The van der Waals surface area contributed by atoms with E-state index in [0.717, 1.165) is 10.0 Å². The van der Waals surface area contributed by atoms with Crippen molar-refractivity contribution in [2.75, 3.05) is 26.1 Å². The maximum absolute atomic E-state index is 11.3. The van der Waals surface area contributed by atoms with E-state index in [0.29, 0.717) is 34.6 Å². The largest absolute Gasteiger partial charge is 0.493 e. The van der Waals surface area contributed by atoms with Gasteiger partial charge in [-0.15, -0.1) is 11.8 Å². The van der Waals surface area contributed by atoms with Crippen LogP contribution in [0.2, 0.25) is 5.02 Å². The fourth-order valence-electron chi connectivity index (χ4n) is 2.74. The van der Waals surface area contributed by atoms with E-state index in [4.69, 9.17) is 25.8 Å². The van der Waals surface area contributed by atoms with Gasteiger partial charge in [0.2, 0.25) is 0 Å². The maximum atomic E-state index is 11.3. The highest BCUT2D eigenvalue weighted by atomic mass is 79.9. The number of hydrogen-bond acceptors (Lipinski definition) is 6. The Kier molecular flexibility index (Phi) is 7.34. The summed E-state index contributed by atoms with van der Waals surface area (Å²) in [6, 6.07) is 10.3. The molecule has 0 saturated carbocycles. The standard InChI is InChI=1S/C19H19BrClNO5S/c1-25-16-9-11(20)8-12(18-22-14(10-28-18)19(23)24)17(16)27-7-6-26-15-5-3-2-4-13(15)21/h2-5,8-9,14,18,22H,6-7,10H2,1H3,(H,23,24). The van der Waals surface area contributed by atoms with E-state index >= 15 is 0 Å². The number of aliphatic carboxylic acids is 1. The lowest BCUT2D eigenvalue weighted by Gasteiger charge is -2.20. The first kappa shape index (κ1) is 21.1. The minimum absolute atomic E-state index is 0.216. The molecule has 0 spiro atoms. The van der Waals surface area contributed by atoms with Crippen LogP contribution in [0.1, 0.15) is 10.9 Å². The molecule has 3 rings (SSSR count). The van der Waals surface area contributed by atoms with Gasteiger partial charge in [0.15, 0.2) is 11.5 Å². The van der Waals surface area contributed by atoms with Gasteiger partial charge in [0, 0.05) is 15.8 Å². The van der Waals surface area contributed by atoms with Crippen LogP contribution in [-0.2, 0) is 4.79 Å². The Bertz CT molecular complexity index is 853. The third kappa shape index (κ3) is 5.05. The summed E-state index contributed by atoms with van der Waals surface area (Å²) in [5, 5.41) is 12.7. The average Bonchev–Trinajstić information content (AvgIpc) is 3.17. The van der Waals surface area contributed by atoms with E-state index in [9.17, 15) is 9.90 Å². The van der Waals surface area contributed by atoms with Gasteiger partial charge in [0.1, 0.15) is 25.0 Å². The fourth-order valence-corrected chi connectivity index (χ4v) is 4.62. The first-order valence-corrected chi connectivity index (χ1v) is 10.7. The molecule has 1 fully saturated rings. The summed E-state index contributed by atoms with van der Waals surface area (Å²) in [5.74, 6) is 1.32. The molecular weight excluding hydrogens is 470 g/mol. The molecule has 0 aromatic heterocycles. The van der Waals surface area contributed by atoms with Gasteiger partial charge in [-0.05, 0) is 24.3 Å². The number of carboxylic acid groups (broad SMARTS) is 1. The van der Waals surface area contributed by atoms with Crippen molar-refractivity contribution in [3.8, 4) is 17.2 Å². The topological polar surface area (TPSA) is 77.0 Å². The molecule has 2 N–H and O–H groups in total. The molecule has 2 unspecified atom stereocenters. The first-order valence-electron chi connectivity index (χ1n) is 8.47. The Morgan fingerprint density at radius 1 is 1.29 bits per heavy atom. The molecule has 1 aliphatic heterocycles. The lowest BCUT2D eigenvalue weighted by Crippen LogP contribution is -2.33. The van der Waals surface area contributed by atoms with Crippen molar-refractivity contribution in [3.63, 3.8) is 0 Å². The second-order valence-corrected chi connectivity index (χ2v) is 8.39. The second-order valence-electron chi connectivity index (χ2n) is 5.92. The number of thioether (sulfide) groups is 1. The number of para-hydroxylation sites is 1. The number of carboxylic acids is 1. The summed E-state index contributed by atoms with van der Waals surface area (Å²) in [6.07, 6.45) is 0. The van der Waals surface area contributed by atoms with Crippen molar-refractivity contribution < 1.29 is 24.1 Å². The van der Waals surface area contributed by atoms with Crippen LogP contribution >= 0.6 is 39.3 Å². The van der Waals surface area contributed by atoms with Gasteiger partial charge >= 0.3 is 5.97 Å². The van der Waals surface area contributed by atoms with Gasteiger partial charge in [0.05, 0.1) is 17.5 Å². The molecule has 1 heterocycles. The molecule has 9 heteroatoms. The summed E-state index contributed by atoms with van der Waals surface area (Å²) in [6.45, 7) is 0.571. The van der Waals surface area contributed by atoms with Gasteiger partial charge in [-0.2, -0.15) is 0 Å². The summed E-state index contributed by atoms with van der Waals surface area (Å²) in [4.78, 5) is 11.3. The molecule has 0 radical (unpaired) electrons. The molecule has 6 nitrogen and oxygen atoms in total. The monoisotopic (exact) mass is 487 g/mol. The molecule has 2 aromatic carbocycles. The lowest BCUT2D eigenvalue weighted by atomic mass is 10.1. The Labute approximate surface area is 180 Å². The molecule has 150 valence electrons. The van der Waals surface area contributed by atoms with Crippen LogP contribution < -0.4 is 19.5 Å². The Morgan fingerprint density at radius 3 is 2.71 bits per heavy atom. The minimum Gasteiger partial charge on any atom is -0.493 e. The molecule has 1 saturated heterocycles. The van der Waals surface area contributed by atoms with E-state index < -0.39 is 12.0 Å². The van der Waals surface area contributed by atoms with Crippen molar-refractivity contribution in [1.82, 2.24) is 5.32 Å². The van der Waals surface area contributed by atoms with Crippen molar-refractivity contribution in [3.05, 3.63) is 51.5 Å². The van der Waals surface area contributed by atoms with Crippen molar-refractivity contribution in [2.24, 2.45) is 0 Å². The Morgan fingerprint density at radius 2 is 2.04 bits per heavy atom. The number of rotatable bonds is 8. The zero-order chi connectivity index (χ0) is 20.1. The zero-order valence-corrected chi connectivity index (χ0v) is 18.1. The van der Waals surface area contributed by atoms with E-state index in [-0.39, 0.29) is 12.0 Å². The fraction of sp³-hybridized carbons (Fsp3) is 0.316. The van der Waals surface area contributed by atoms with Gasteiger partial charge in [-0.3, -0.25) is 10.1 Å². The van der Waals surface area contributed by atoms with Gasteiger partial charge < -0.3 is 19.3 Å². The minimum atomic E-state index is -0.868. The second kappa shape index (κ2) is 9.73. The summed E-state index contributed by atoms with van der Waals surface area (Å²) in [7, 11) is 1.56.